The van der Waals surface area contributed by atoms with E-state index < -0.39 is 0 Å². The van der Waals surface area contributed by atoms with Gasteiger partial charge in [-0.2, -0.15) is 0 Å². The lowest BCUT2D eigenvalue weighted by atomic mass is 10.2. The maximum absolute atomic E-state index is 5.78. The summed E-state index contributed by atoms with van der Waals surface area (Å²) in [4.78, 5) is 6.67. The van der Waals surface area contributed by atoms with Crippen molar-refractivity contribution in [2.45, 2.75) is 46.5 Å². The van der Waals surface area contributed by atoms with E-state index in [0.29, 0.717) is 5.96 Å². The largest absolute Gasteiger partial charge is 0.370 e. The highest BCUT2D eigenvalue weighted by atomic mass is 127. The fraction of sp³-hybridized carbons (Fsp3) is 0.923. The van der Waals surface area contributed by atoms with Crippen LogP contribution in [0, 0.1) is 0 Å². The van der Waals surface area contributed by atoms with E-state index in [1.807, 2.05) is 0 Å². The molecule has 4 nitrogen and oxygen atoms in total. The molecule has 3 N–H and O–H groups in total. The lowest BCUT2D eigenvalue weighted by Gasteiger charge is -2.18. The zero-order valence-electron chi connectivity index (χ0n) is 12.2. The van der Waals surface area contributed by atoms with Crippen LogP contribution in [-0.4, -0.2) is 43.6 Å². The Bertz CT molecular complexity index is 193. The Hall–Kier alpha value is -0.0400. The molecule has 0 saturated heterocycles. The lowest BCUT2D eigenvalue weighted by Crippen LogP contribution is -2.38. The van der Waals surface area contributed by atoms with E-state index in [0.717, 1.165) is 39.1 Å². The summed E-state index contributed by atoms with van der Waals surface area (Å²) >= 11 is 0. The molecule has 0 rings (SSSR count). The van der Waals surface area contributed by atoms with Crippen LogP contribution in [0.15, 0.2) is 4.99 Å². The van der Waals surface area contributed by atoms with Gasteiger partial charge in [0.1, 0.15) is 0 Å². The van der Waals surface area contributed by atoms with E-state index in [4.69, 9.17) is 5.73 Å². The molecule has 18 heavy (non-hydrogen) atoms. The van der Waals surface area contributed by atoms with Crippen LogP contribution in [0.2, 0.25) is 0 Å². The predicted octanol–water partition coefficient (Wildman–Crippen LogP) is 2.43. The summed E-state index contributed by atoms with van der Waals surface area (Å²) in [6, 6.07) is 0. The third-order valence-electron chi connectivity index (χ3n) is 2.92. The van der Waals surface area contributed by atoms with Gasteiger partial charge < -0.3 is 16.0 Å². The Labute approximate surface area is 130 Å². The van der Waals surface area contributed by atoms with Crippen molar-refractivity contribution in [3.63, 3.8) is 0 Å². The second-order valence-corrected chi connectivity index (χ2v) is 4.28. The van der Waals surface area contributed by atoms with E-state index in [2.05, 4.69) is 36.0 Å². The molecule has 0 unspecified atom stereocenters. The van der Waals surface area contributed by atoms with Crippen molar-refractivity contribution in [2.24, 2.45) is 10.7 Å². The van der Waals surface area contributed by atoms with Crippen molar-refractivity contribution in [1.29, 1.82) is 0 Å². The first kappa shape index (κ1) is 20.3. The van der Waals surface area contributed by atoms with Gasteiger partial charge in [0.25, 0.3) is 0 Å². The molecule has 0 aromatic heterocycles. The summed E-state index contributed by atoms with van der Waals surface area (Å²) in [6.45, 7) is 11.5. The molecule has 0 heterocycles. The molecule has 0 atom stereocenters. The van der Waals surface area contributed by atoms with Crippen LogP contribution in [0.4, 0.5) is 0 Å². The zero-order chi connectivity index (χ0) is 12.9. The topological polar surface area (TPSA) is 53.6 Å². The molecule has 0 aromatic rings. The molecule has 0 amide bonds. The fourth-order valence-electron chi connectivity index (χ4n) is 1.68. The summed E-state index contributed by atoms with van der Waals surface area (Å²) in [5.74, 6) is 0.591. The smallest absolute Gasteiger partial charge is 0.188 e. The molecule has 0 saturated carbocycles. The van der Waals surface area contributed by atoms with Crippen LogP contribution in [0.3, 0.4) is 0 Å². The normalized spacial score (nSPS) is 11.4. The number of rotatable bonds is 10. The molecule has 0 spiro atoms. The van der Waals surface area contributed by atoms with Crippen LogP contribution in [0.5, 0.6) is 0 Å². The van der Waals surface area contributed by atoms with Crippen molar-refractivity contribution < 1.29 is 0 Å². The summed E-state index contributed by atoms with van der Waals surface area (Å²) in [7, 11) is 0. The van der Waals surface area contributed by atoms with Crippen LogP contribution < -0.4 is 11.1 Å². The summed E-state index contributed by atoms with van der Waals surface area (Å²) in [5.41, 5.74) is 5.78. The molecule has 0 fully saturated rings. The highest BCUT2D eigenvalue weighted by Crippen LogP contribution is 1.98. The van der Waals surface area contributed by atoms with E-state index in [1.54, 1.807) is 0 Å². The molecule has 0 radical (unpaired) electrons. The van der Waals surface area contributed by atoms with E-state index in [-0.39, 0.29) is 24.0 Å². The Kier molecular flexibility index (Phi) is 16.9. The molecule has 5 heteroatoms. The minimum atomic E-state index is 0. The van der Waals surface area contributed by atoms with Gasteiger partial charge in [-0.05, 0) is 19.5 Å². The first-order chi connectivity index (χ1) is 8.24. The van der Waals surface area contributed by atoms with Gasteiger partial charge in [-0.25, -0.2) is 0 Å². The number of aliphatic imine (C=N–C) groups is 1. The number of nitrogens with two attached hydrogens (primary N) is 1. The quantitative estimate of drug-likeness (QED) is 0.269. The molecule has 0 aliphatic carbocycles. The monoisotopic (exact) mass is 370 g/mol. The standard InChI is InChI=1S/C13H30N4.HI/c1-4-7-8-9-10-15-13(14)16-11-12-17(5-2)6-3;/h4-12H2,1-3H3,(H3,14,15,16);1H. The minimum absolute atomic E-state index is 0. The zero-order valence-corrected chi connectivity index (χ0v) is 14.6. The van der Waals surface area contributed by atoms with Gasteiger partial charge in [0.2, 0.25) is 0 Å². The molecule has 110 valence electrons. The van der Waals surface area contributed by atoms with Gasteiger partial charge in [0, 0.05) is 19.6 Å². The number of nitrogens with zero attached hydrogens (tertiary/aromatic N) is 2. The van der Waals surface area contributed by atoms with Crippen molar-refractivity contribution in [2.75, 3.05) is 32.7 Å². The Morgan fingerprint density at radius 1 is 1.11 bits per heavy atom. The van der Waals surface area contributed by atoms with Crippen molar-refractivity contribution in [1.82, 2.24) is 10.2 Å². The number of guanidine groups is 1. The second-order valence-electron chi connectivity index (χ2n) is 4.28. The first-order valence-electron chi connectivity index (χ1n) is 7.00. The number of nitrogens with one attached hydrogen (secondary N) is 1. The van der Waals surface area contributed by atoms with Crippen LogP contribution in [0.25, 0.3) is 0 Å². The highest BCUT2D eigenvalue weighted by Gasteiger charge is 1.98. The maximum Gasteiger partial charge on any atom is 0.188 e. The van der Waals surface area contributed by atoms with Gasteiger partial charge >= 0.3 is 0 Å². The number of hydrogen-bond donors (Lipinski definition) is 2. The minimum Gasteiger partial charge on any atom is -0.370 e. The molecular weight excluding hydrogens is 339 g/mol. The van der Waals surface area contributed by atoms with Crippen molar-refractivity contribution >= 4 is 29.9 Å². The molecular formula is C13H31IN4. The van der Waals surface area contributed by atoms with Gasteiger partial charge in [-0.1, -0.05) is 40.0 Å². The molecule has 0 aromatic carbocycles. The van der Waals surface area contributed by atoms with Gasteiger partial charge in [-0.3, -0.25) is 4.99 Å². The van der Waals surface area contributed by atoms with E-state index in [1.165, 1.54) is 19.3 Å². The number of halogens is 1. The number of unbranched alkanes of at least 4 members (excludes halogenated alkanes) is 3. The Balaban J connectivity index is 0. The molecule has 0 aliphatic heterocycles. The van der Waals surface area contributed by atoms with Crippen molar-refractivity contribution in [3.8, 4) is 0 Å². The first-order valence-corrected chi connectivity index (χ1v) is 7.00. The van der Waals surface area contributed by atoms with Gasteiger partial charge in [0.05, 0.1) is 0 Å². The maximum atomic E-state index is 5.78. The molecule has 0 aliphatic rings. The van der Waals surface area contributed by atoms with Crippen LogP contribution in [0.1, 0.15) is 46.5 Å². The van der Waals surface area contributed by atoms with Crippen LogP contribution in [-0.2, 0) is 0 Å². The fourth-order valence-corrected chi connectivity index (χ4v) is 1.68. The van der Waals surface area contributed by atoms with Crippen LogP contribution >= 0.6 is 24.0 Å². The SMILES string of the molecule is CCCCCCN=C(N)NCCN(CC)CC.I. The van der Waals surface area contributed by atoms with E-state index >= 15 is 0 Å². The summed E-state index contributed by atoms with van der Waals surface area (Å²) < 4.78 is 0. The lowest BCUT2D eigenvalue weighted by molar-refractivity contribution is 0.308. The number of hydrogen-bond acceptors (Lipinski definition) is 2. The highest BCUT2D eigenvalue weighted by molar-refractivity contribution is 14.0. The summed E-state index contributed by atoms with van der Waals surface area (Å²) in [5, 5.41) is 3.16. The second kappa shape index (κ2) is 15.0. The van der Waals surface area contributed by atoms with E-state index in [9.17, 15) is 0 Å². The number of likely N-dealkylation sites (N-methyl/N-ethyl adjacent to an activating group) is 1. The molecule has 0 bridgehead atoms. The third-order valence-corrected chi connectivity index (χ3v) is 2.92. The average molecular weight is 370 g/mol. The average Bonchev–Trinajstić information content (AvgIpc) is 2.34. The Morgan fingerprint density at radius 3 is 2.33 bits per heavy atom. The third kappa shape index (κ3) is 12.4. The van der Waals surface area contributed by atoms with Gasteiger partial charge in [-0.15, -0.1) is 24.0 Å². The van der Waals surface area contributed by atoms with Crippen molar-refractivity contribution in [3.05, 3.63) is 0 Å². The summed E-state index contributed by atoms with van der Waals surface area (Å²) in [6.07, 6.45) is 4.96. The Morgan fingerprint density at radius 2 is 1.78 bits per heavy atom. The predicted molar refractivity (Wildman–Crippen MR) is 91.8 cm³/mol. The van der Waals surface area contributed by atoms with Gasteiger partial charge in [0.15, 0.2) is 5.96 Å².